The molecule has 0 saturated heterocycles. The number of esters is 1. The average Bonchev–Trinajstić information content (AvgIpc) is 2.90. The highest BCUT2D eigenvalue weighted by molar-refractivity contribution is 7.99. The Bertz CT molecular complexity index is 530. The zero-order chi connectivity index (χ0) is 15.4. The number of carbonyl (C=O) groups excluding carboxylic acids is 2. The van der Waals surface area contributed by atoms with Crippen LogP contribution in [0.4, 0.5) is 5.13 Å². The number of hydrogen-bond acceptors (Lipinski definition) is 7. The van der Waals surface area contributed by atoms with Gasteiger partial charge in [-0.25, -0.2) is 9.78 Å². The summed E-state index contributed by atoms with van der Waals surface area (Å²) in [6, 6.07) is 0.354. The van der Waals surface area contributed by atoms with E-state index >= 15 is 0 Å². The zero-order valence-electron chi connectivity index (χ0n) is 12.5. The number of ketones is 1. The molecule has 21 heavy (non-hydrogen) atoms. The lowest BCUT2D eigenvalue weighted by atomic mass is 9.95. The maximum atomic E-state index is 11.7. The van der Waals surface area contributed by atoms with Crippen molar-refractivity contribution in [3.8, 4) is 0 Å². The van der Waals surface area contributed by atoms with Crippen LogP contribution in [0.1, 0.15) is 52.8 Å². The Labute approximate surface area is 132 Å². The van der Waals surface area contributed by atoms with Crippen molar-refractivity contribution in [2.24, 2.45) is 0 Å². The predicted molar refractivity (Wildman–Crippen MR) is 86.6 cm³/mol. The summed E-state index contributed by atoms with van der Waals surface area (Å²) in [4.78, 5) is 27.9. The average molecular weight is 328 g/mol. The second kappa shape index (κ2) is 7.26. The number of thiazole rings is 1. The van der Waals surface area contributed by atoms with Crippen LogP contribution in [0.2, 0.25) is 0 Å². The van der Waals surface area contributed by atoms with Gasteiger partial charge in [0, 0.05) is 18.2 Å². The normalized spacial score (nSPS) is 21.9. The fraction of sp³-hybridized carbons (Fsp3) is 0.643. The number of hydrogen-bond donors (Lipinski definition) is 1. The van der Waals surface area contributed by atoms with Gasteiger partial charge < -0.3 is 10.1 Å². The highest BCUT2D eigenvalue weighted by Gasteiger charge is 2.25. The summed E-state index contributed by atoms with van der Waals surface area (Å²) in [5.41, 5.74) is 0.120. The van der Waals surface area contributed by atoms with Crippen LogP contribution in [0.3, 0.4) is 0 Å². The number of Topliss-reactive ketones (excluding diaryl/α,β-unsaturated/α-hetero) is 1. The first-order valence-corrected chi connectivity index (χ1v) is 9.05. The molecule has 2 atom stereocenters. The third-order valence-electron chi connectivity index (χ3n) is 3.61. The summed E-state index contributed by atoms with van der Waals surface area (Å²) >= 11 is 3.13. The number of nitrogens with one attached hydrogen (secondary N) is 1. The number of carbonyl (C=O) groups is 2. The Morgan fingerprint density at radius 2 is 2.19 bits per heavy atom. The van der Waals surface area contributed by atoms with Crippen molar-refractivity contribution in [2.45, 2.75) is 43.9 Å². The van der Waals surface area contributed by atoms with Crippen LogP contribution in [0.15, 0.2) is 0 Å². The summed E-state index contributed by atoms with van der Waals surface area (Å²) in [7, 11) is 1.29. The molecule has 1 fully saturated rings. The van der Waals surface area contributed by atoms with Gasteiger partial charge >= 0.3 is 5.97 Å². The SMILES string of the molecule is COC(=O)c1nc(NC2CCCC(SC)C2)sc1C(C)=O. The number of thioether (sulfide) groups is 1. The van der Waals surface area contributed by atoms with Crippen molar-refractivity contribution in [1.29, 1.82) is 0 Å². The van der Waals surface area contributed by atoms with Crippen molar-refractivity contribution >= 4 is 40.0 Å². The summed E-state index contributed by atoms with van der Waals surface area (Å²) in [5, 5.41) is 4.68. The molecule has 1 aromatic rings. The van der Waals surface area contributed by atoms with Gasteiger partial charge in [-0.1, -0.05) is 17.8 Å². The fourth-order valence-electron chi connectivity index (χ4n) is 2.52. The smallest absolute Gasteiger partial charge is 0.358 e. The highest BCUT2D eigenvalue weighted by Crippen LogP contribution is 2.31. The topological polar surface area (TPSA) is 68.3 Å². The lowest BCUT2D eigenvalue weighted by Crippen LogP contribution is -2.28. The Hall–Kier alpha value is -1.08. The molecule has 2 rings (SSSR count). The second-order valence-corrected chi connectivity index (χ2v) is 7.25. The minimum Gasteiger partial charge on any atom is -0.464 e. The van der Waals surface area contributed by atoms with Gasteiger partial charge in [-0.15, -0.1) is 0 Å². The summed E-state index contributed by atoms with van der Waals surface area (Å²) in [5.74, 6) is -0.721. The Balaban J connectivity index is 2.13. The zero-order valence-corrected chi connectivity index (χ0v) is 14.1. The first kappa shape index (κ1) is 16.3. The van der Waals surface area contributed by atoms with Crippen LogP contribution in [0, 0.1) is 0 Å². The highest BCUT2D eigenvalue weighted by atomic mass is 32.2. The van der Waals surface area contributed by atoms with Crippen LogP contribution in [-0.2, 0) is 4.74 Å². The molecule has 0 amide bonds. The molecule has 116 valence electrons. The number of methoxy groups -OCH3 is 1. The molecule has 5 nitrogen and oxygen atoms in total. The lowest BCUT2D eigenvalue weighted by Gasteiger charge is -2.28. The molecule has 0 aliphatic heterocycles. The molecule has 0 bridgehead atoms. The van der Waals surface area contributed by atoms with E-state index < -0.39 is 5.97 Å². The molecule has 0 spiro atoms. The van der Waals surface area contributed by atoms with Crippen LogP contribution in [0.25, 0.3) is 0 Å². The third-order valence-corrected chi connectivity index (χ3v) is 5.79. The van der Waals surface area contributed by atoms with E-state index in [1.54, 1.807) is 0 Å². The Kier molecular flexibility index (Phi) is 5.64. The Morgan fingerprint density at radius 3 is 2.81 bits per heavy atom. The fourth-order valence-corrected chi connectivity index (χ4v) is 4.27. The minimum atomic E-state index is -0.560. The summed E-state index contributed by atoms with van der Waals surface area (Å²) in [6.07, 6.45) is 6.77. The molecule has 0 radical (unpaired) electrons. The van der Waals surface area contributed by atoms with Crippen LogP contribution < -0.4 is 5.32 Å². The molecular formula is C14H20N2O3S2. The quantitative estimate of drug-likeness (QED) is 0.661. The van der Waals surface area contributed by atoms with Crippen molar-refractivity contribution in [1.82, 2.24) is 4.98 Å². The standard InChI is InChI=1S/C14H20N2O3S2/c1-8(17)12-11(13(18)19-2)16-14(21-12)15-9-5-4-6-10(7-9)20-3/h9-10H,4-7H2,1-3H3,(H,15,16). The van der Waals surface area contributed by atoms with Crippen LogP contribution in [0.5, 0.6) is 0 Å². The van der Waals surface area contributed by atoms with Gasteiger partial charge in [-0.05, 0) is 25.5 Å². The third kappa shape index (κ3) is 3.97. The van der Waals surface area contributed by atoms with E-state index in [4.69, 9.17) is 0 Å². The molecule has 1 aliphatic rings. The van der Waals surface area contributed by atoms with Crippen LogP contribution in [-0.4, -0.2) is 41.4 Å². The number of anilines is 1. The van der Waals surface area contributed by atoms with Gasteiger partial charge in [0.15, 0.2) is 16.6 Å². The molecule has 1 N–H and O–H groups in total. The van der Waals surface area contributed by atoms with Gasteiger partial charge in [-0.2, -0.15) is 11.8 Å². The number of ether oxygens (including phenoxy) is 1. The number of nitrogens with zero attached hydrogens (tertiary/aromatic N) is 1. The van der Waals surface area contributed by atoms with E-state index in [1.807, 2.05) is 11.8 Å². The molecular weight excluding hydrogens is 308 g/mol. The van der Waals surface area contributed by atoms with Crippen molar-refractivity contribution in [2.75, 3.05) is 18.7 Å². The lowest BCUT2D eigenvalue weighted by molar-refractivity contribution is 0.0591. The van der Waals surface area contributed by atoms with E-state index in [1.165, 1.54) is 38.2 Å². The largest absolute Gasteiger partial charge is 0.464 e. The van der Waals surface area contributed by atoms with Crippen LogP contribution >= 0.6 is 23.1 Å². The van der Waals surface area contributed by atoms with Gasteiger partial charge in [0.2, 0.25) is 0 Å². The molecule has 0 aromatic carbocycles. The monoisotopic (exact) mass is 328 g/mol. The molecule has 7 heteroatoms. The van der Waals surface area contributed by atoms with Crippen molar-refractivity contribution in [3.63, 3.8) is 0 Å². The van der Waals surface area contributed by atoms with E-state index in [0.717, 1.165) is 12.8 Å². The van der Waals surface area contributed by atoms with E-state index in [9.17, 15) is 9.59 Å². The molecule has 1 heterocycles. The van der Waals surface area contributed by atoms with Gasteiger partial charge in [0.1, 0.15) is 4.88 Å². The Morgan fingerprint density at radius 1 is 1.43 bits per heavy atom. The summed E-state index contributed by atoms with van der Waals surface area (Å²) in [6.45, 7) is 1.44. The van der Waals surface area contributed by atoms with Crippen molar-refractivity contribution in [3.05, 3.63) is 10.6 Å². The molecule has 2 unspecified atom stereocenters. The molecule has 1 saturated carbocycles. The van der Waals surface area contributed by atoms with E-state index in [-0.39, 0.29) is 11.5 Å². The van der Waals surface area contributed by atoms with Gasteiger partial charge in [-0.3, -0.25) is 4.79 Å². The molecule has 1 aromatic heterocycles. The number of aromatic nitrogens is 1. The van der Waals surface area contributed by atoms with E-state index in [0.29, 0.717) is 21.3 Å². The van der Waals surface area contributed by atoms with Crippen molar-refractivity contribution < 1.29 is 14.3 Å². The first-order chi connectivity index (χ1) is 10.0. The second-order valence-electron chi connectivity index (χ2n) is 5.11. The maximum absolute atomic E-state index is 11.7. The summed E-state index contributed by atoms with van der Waals surface area (Å²) < 4.78 is 4.69. The predicted octanol–water partition coefficient (Wildman–Crippen LogP) is 3.22. The minimum absolute atomic E-state index is 0.120. The number of rotatable bonds is 5. The molecule has 1 aliphatic carbocycles. The maximum Gasteiger partial charge on any atom is 0.358 e. The van der Waals surface area contributed by atoms with Gasteiger partial charge in [0.25, 0.3) is 0 Å². The van der Waals surface area contributed by atoms with Gasteiger partial charge in [0.05, 0.1) is 7.11 Å². The van der Waals surface area contributed by atoms with E-state index in [2.05, 4.69) is 21.3 Å². The first-order valence-electron chi connectivity index (χ1n) is 6.94.